The van der Waals surface area contributed by atoms with Crippen LogP contribution >= 0.6 is 12.2 Å². The monoisotopic (exact) mass is 439 g/mol. The van der Waals surface area contributed by atoms with Crippen LogP contribution in [0.3, 0.4) is 0 Å². The number of hydrogen-bond donors (Lipinski definition) is 2. The van der Waals surface area contributed by atoms with Crippen molar-refractivity contribution in [1.82, 2.24) is 19.9 Å². The van der Waals surface area contributed by atoms with Crippen LogP contribution < -0.4 is 20.1 Å². The lowest BCUT2D eigenvalue weighted by Crippen LogP contribution is -2.29. The summed E-state index contributed by atoms with van der Waals surface area (Å²) in [6.45, 7) is 2.32. The second-order valence-electron chi connectivity index (χ2n) is 7.06. The van der Waals surface area contributed by atoms with E-state index in [4.69, 9.17) is 21.7 Å². The molecule has 0 aliphatic rings. The van der Waals surface area contributed by atoms with Crippen LogP contribution in [0.25, 0.3) is 0 Å². The zero-order chi connectivity index (χ0) is 21.7. The second kappa shape index (κ2) is 12.5. The van der Waals surface area contributed by atoms with Gasteiger partial charge in [0.15, 0.2) is 16.6 Å². The number of imidazole rings is 1. The van der Waals surface area contributed by atoms with E-state index in [0.29, 0.717) is 17.5 Å². The second-order valence-corrected chi connectivity index (χ2v) is 7.47. The molecule has 2 aromatic heterocycles. The van der Waals surface area contributed by atoms with E-state index in [1.807, 2.05) is 47.7 Å². The van der Waals surface area contributed by atoms with Crippen LogP contribution in [0.1, 0.15) is 24.8 Å². The molecule has 0 fully saturated rings. The minimum atomic E-state index is 0.581. The van der Waals surface area contributed by atoms with Gasteiger partial charge in [0.25, 0.3) is 0 Å². The number of nitrogens with one attached hydrogen (secondary N) is 2. The SMILES string of the molecule is COc1cc(NC(=S)NCCCn2ccnc2)ccc1OCCCCc1ccncc1. The Hall–Kier alpha value is -3.13. The van der Waals surface area contributed by atoms with Crippen molar-refractivity contribution in [2.45, 2.75) is 32.2 Å². The molecule has 0 unspecified atom stereocenters. The topological polar surface area (TPSA) is 73.2 Å². The highest BCUT2D eigenvalue weighted by Crippen LogP contribution is 2.30. The van der Waals surface area contributed by atoms with Gasteiger partial charge in [-0.1, -0.05) is 0 Å². The van der Waals surface area contributed by atoms with Crippen molar-refractivity contribution >= 4 is 23.0 Å². The number of rotatable bonds is 12. The van der Waals surface area contributed by atoms with Crippen molar-refractivity contribution < 1.29 is 9.47 Å². The molecule has 1 aromatic carbocycles. The highest BCUT2D eigenvalue weighted by atomic mass is 32.1. The van der Waals surface area contributed by atoms with E-state index in [9.17, 15) is 0 Å². The minimum absolute atomic E-state index is 0.581. The molecule has 3 rings (SSSR count). The van der Waals surface area contributed by atoms with E-state index in [1.165, 1.54) is 5.56 Å². The molecule has 0 bridgehead atoms. The Morgan fingerprint density at radius 2 is 1.90 bits per heavy atom. The number of methoxy groups -OCH3 is 1. The molecule has 0 saturated heterocycles. The van der Waals surface area contributed by atoms with Gasteiger partial charge in [-0.25, -0.2) is 4.98 Å². The van der Waals surface area contributed by atoms with Gasteiger partial charge in [-0.2, -0.15) is 0 Å². The summed E-state index contributed by atoms with van der Waals surface area (Å²) in [5.74, 6) is 1.42. The average molecular weight is 440 g/mol. The van der Waals surface area contributed by atoms with Crippen LogP contribution in [-0.4, -0.2) is 39.9 Å². The fourth-order valence-electron chi connectivity index (χ4n) is 3.09. The van der Waals surface area contributed by atoms with E-state index in [-0.39, 0.29) is 0 Å². The molecule has 164 valence electrons. The molecule has 8 heteroatoms. The van der Waals surface area contributed by atoms with E-state index in [2.05, 4.69) is 32.7 Å². The third kappa shape index (κ3) is 7.90. The quantitative estimate of drug-likeness (QED) is 0.326. The predicted octanol–water partition coefficient (Wildman–Crippen LogP) is 4.07. The van der Waals surface area contributed by atoms with Crippen molar-refractivity contribution in [3.05, 3.63) is 67.0 Å². The molecule has 0 aliphatic heterocycles. The molecule has 0 saturated carbocycles. The molecule has 0 amide bonds. The van der Waals surface area contributed by atoms with Crippen LogP contribution in [0.5, 0.6) is 11.5 Å². The van der Waals surface area contributed by atoms with Gasteiger partial charge in [0.2, 0.25) is 0 Å². The number of anilines is 1. The molecule has 2 N–H and O–H groups in total. The summed E-state index contributed by atoms with van der Waals surface area (Å²) in [5.41, 5.74) is 2.16. The molecule has 2 heterocycles. The third-order valence-corrected chi connectivity index (χ3v) is 4.97. The highest BCUT2D eigenvalue weighted by molar-refractivity contribution is 7.80. The van der Waals surface area contributed by atoms with Crippen LogP contribution in [0, 0.1) is 0 Å². The molecule has 7 nitrogen and oxygen atoms in total. The molecule has 0 radical (unpaired) electrons. The van der Waals surface area contributed by atoms with Crippen molar-refractivity contribution in [1.29, 1.82) is 0 Å². The summed E-state index contributed by atoms with van der Waals surface area (Å²) < 4.78 is 13.5. The summed E-state index contributed by atoms with van der Waals surface area (Å²) in [4.78, 5) is 8.08. The van der Waals surface area contributed by atoms with Gasteiger partial charge >= 0.3 is 0 Å². The van der Waals surface area contributed by atoms with Gasteiger partial charge in [-0.15, -0.1) is 0 Å². The van der Waals surface area contributed by atoms with Gasteiger partial charge < -0.3 is 24.7 Å². The van der Waals surface area contributed by atoms with Gasteiger partial charge in [0.05, 0.1) is 20.0 Å². The maximum Gasteiger partial charge on any atom is 0.170 e. The van der Waals surface area contributed by atoms with Gasteiger partial charge in [-0.3, -0.25) is 4.98 Å². The normalized spacial score (nSPS) is 10.5. The molecular formula is C23H29N5O2S. The zero-order valence-electron chi connectivity index (χ0n) is 17.8. The van der Waals surface area contributed by atoms with E-state index >= 15 is 0 Å². The van der Waals surface area contributed by atoms with Crippen molar-refractivity contribution in [2.75, 3.05) is 25.6 Å². The molecule has 31 heavy (non-hydrogen) atoms. The first-order valence-electron chi connectivity index (χ1n) is 10.4. The first-order chi connectivity index (χ1) is 15.2. The van der Waals surface area contributed by atoms with Crippen molar-refractivity contribution in [3.63, 3.8) is 0 Å². The zero-order valence-corrected chi connectivity index (χ0v) is 18.6. The fraction of sp³-hybridized carbons (Fsp3) is 0.348. The average Bonchev–Trinajstić information content (AvgIpc) is 3.31. The lowest BCUT2D eigenvalue weighted by molar-refractivity contribution is 0.286. The summed E-state index contributed by atoms with van der Waals surface area (Å²) >= 11 is 5.38. The van der Waals surface area contributed by atoms with Crippen molar-refractivity contribution in [2.24, 2.45) is 0 Å². The Labute approximate surface area is 188 Å². The lowest BCUT2D eigenvalue weighted by atomic mass is 10.1. The largest absolute Gasteiger partial charge is 0.493 e. The van der Waals surface area contributed by atoms with Crippen LogP contribution in [-0.2, 0) is 13.0 Å². The predicted molar refractivity (Wildman–Crippen MR) is 127 cm³/mol. The number of ether oxygens (including phenoxy) is 2. The first kappa shape index (κ1) is 22.6. The summed E-state index contributed by atoms with van der Waals surface area (Å²) in [6, 6.07) is 9.84. The number of aryl methyl sites for hydroxylation is 2. The molecular weight excluding hydrogens is 410 g/mol. The lowest BCUT2D eigenvalue weighted by Gasteiger charge is -2.14. The number of nitrogens with zero attached hydrogens (tertiary/aromatic N) is 3. The number of aromatic nitrogens is 3. The Morgan fingerprint density at radius 3 is 2.68 bits per heavy atom. The summed E-state index contributed by atoms with van der Waals surface area (Å²) in [7, 11) is 1.64. The maximum atomic E-state index is 5.92. The van der Waals surface area contributed by atoms with E-state index < -0.39 is 0 Å². The number of benzene rings is 1. The minimum Gasteiger partial charge on any atom is -0.493 e. The number of pyridine rings is 1. The number of thiocarbonyl (C=S) groups is 1. The first-order valence-corrected chi connectivity index (χ1v) is 10.9. The Morgan fingerprint density at radius 1 is 1.03 bits per heavy atom. The summed E-state index contributed by atoms with van der Waals surface area (Å²) in [6.07, 6.45) is 13.2. The Balaban J connectivity index is 1.37. The standard InChI is InChI=1S/C23H29N5O2S/c1-29-22-17-20(27-23(31)26-10-4-14-28-15-13-25-18-28)6-7-21(22)30-16-3-2-5-19-8-11-24-12-9-19/h6-9,11-13,15,17-18H,2-5,10,14,16H2,1H3,(H2,26,27,31). The molecule has 0 atom stereocenters. The molecule has 0 aliphatic carbocycles. The van der Waals surface area contributed by atoms with Gasteiger partial charge in [0, 0.05) is 49.6 Å². The summed E-state index contributed by atoms with van der Waals surface area (Å²) in [5, 5.41) is 6.99. The van der Waals surface area contributed by atoms with Crippen LogP contribution in [0.2, 0.25) is 0 Å². The highest BCUT2D eigenvalue weighted by Gasteiger charge is 2.07. The van der Waals surface area contributed by atoms with E-state index in [1.54, 1.807) is 13.3 Å². The van der Waals surface area contributed by atoms with Crippen LogP contribution in [0.15, 0.2) is 61.4 Å². The molecule has 0 spiro atoms. The Bertz CT molecular complexity index is 919. The van der Waals surface area contributed by atoms with Gasteiger partial charge in [-0.05, 0) is 67.7 Å². The van der Waals surface area contributed by atoms with Crippen molar-refractivity contribution in [3.8, 4) is 11.5 Å². The number of unbranched alkanes of at least 4 members (excludes halogenated alkanes) is 1. The van der Waals surface area contributed by atoms with Crippen LogP contribution in [0.4, 0.5) is 5.69 Å². The van der Waals surface area contributed by atoms with E-state index in [0.717, 1.165) is 50.2 Å². The third-order valence-electron chi connectivity index (χ3n) is 4.73. The maximum absolute atomic E-state index is 5.92. The Kier molecular flexibility index (Phi) is 9.12. The fourth-order valence-corrected chi connectivity index (χ4v) is 3.31. The number of hydrogen-bond acceptors (Lipinski definition) is 5. The smallest absolute Gasteiger partial charge is 0.170 e. The molecule has 3 aromatic rings. The van der Waals surface area contributed by atoms with Gasteiger partial charge in [0.1, 0.15) is 0 Å².